The lowest BCUT2D eigenvalue weighted by Gasteiger charge is -2.02. The van der Waals surface area contributed by atoms with Gasteiger partial charge < -0.3 is 5.11 Å². The molecule has 0 spiro atoms. The van der Waals surface area contributed by atoms with Crippen molar-refractivity contribution in [2.24, 2.45) is 7.05 Å². The quantitative estimate of drug-likeness (QED) is 0.507. The summed E-state index contributed by atoms with van der Waals surface area (Å²) in [7, 11) is 1.60. The lowest BCUT2D eigenvalue weighted by atomic mass is 10.2. The van der Waals surface area contributed by atoms with Gasteiger partial charge in [0.1, 0.15) is 5.76 Å². The molecule has 1 aromatic rings. The number of hydrogen-bond donors (Lipinski definition) is 1. The Morgan fingerprint density at radius 3 is 2.62 bits per heavy atom. The van der Waals surface area contributed by atoms with E-state index < -0.39 is 16.9 Å². The van der Waals surface area contributed by atoms with E-state index in [-0.39, 0.29) is 5.56 Å². The Balaban J connectivity index is 3.03. The van der Waals surface area contributed by atoms with Crippen molar-refractivity contribution >= 4 is 23.1 Å². The van der Waals surface area contributed by atoms with Gasteiger partial charge >= 0.3 is 5.38 Å². The van der Waals surface area contributed by atoms with Crippen LogP contribution >= 0.6 is 11.6 Å². The molecule has 1 rings (SSSR count). The number of hydrogen-bond acceptors (Lipinski definition) is 3. The number of carbonyl (C=O) groups is 1. The molecule has 1 aromatic heterocycles. The smallest absolute Gasteiger partial charge is 0.384 e. The van der Waals surface area contributed by atoms with Crippen LogP contribution in [0.4, 0.5) is 8.78 Å². The first-order chi connectivity index (χ1) is 7.21. The van der Waals surface area contributed by atoms with Gasteiger partial charge in [0, 0.05) is 19.3 Å². The van der Waals surface area contributed by atoms with Crippen LogP contribution in [0.5, 0.6) is 0 Å². The number of ketones is 1. The Kier molecular flexibility index (Phi) is 3.32. The Labute approximate surface area is 95.1 Å². The second-order valence-corrected chi connectivity index (χ2v) is 3.67. The first-order valence-electron chi connectivity index (χ1n) is 4.24. The molecular formula is C9H9ClF2N2O2. The van der Waals surface area contributed by atoms with Crippen LogP contribution < -0.4 is 0 Å². The second-order valence-electron chi connectivity index (χ2n) is 3.19. The van der Waals surface area contributed by atoms with Gasteiger partial charge in [-0.3, -0.25) is 9.48 Å². The predicted octanol–water partition coefficient (Wildman–Crippen LogP) is 2.03. The second kappa shape index (κ2) is 4.21. The van der Waals surface area contributed by atoms with Crippen molar-refractivity contribution in [1.82, 2.24) is 9.78 Å². The fraction of sp³-hybridized carbons (Fsp3) is 0.333. The minimum atomic E-state index is -4.01. The van der Waals surface area contributed by atoms with Gasteiger partial charge in [-0.05, 0) is 18.5 Å². The fourth-order valence-corrected chi connectivity index (χ4v) is 1.19. The Bertz CT molecular complexity index is 449. The number of carbonyl (C=O) groups excluding carboxylic acids is 1. The first-order valence-corrected chi connectivity index (χ1v) is 4.62. The number of aliphatic hydroxyl groups excluding tert-OH is 1. The number of alkyl halides is 3. The van der Waals surface area contributed by atoms with Crippen molar-refractivity contribution in [3.8, 4) is 0 Å². The van der Waals surface area contributed by atoms with Gasteiger partial charge in [0.05, 0.1) is 11.3 Å². The summed E-state index contributed by atoms with van der Waals surface area (Å²) in [4.78, 5) is 10.8. The van der Waals surface area contributed by atoms with Crippen molar-refractivity contribution in [3.63, 3.8) is 0 Å². The zero-order valence-corrected chi connectivity index (χ0v) is 9.29. The average Bonchev–Trinajstić information content (AvgIpc) is 2.43. The molecule has 0 radical (unpaired) electrons. The van der Waals surface area contributed by atoms with Crippen LogP contribution in [0.1, 0.15) is 11.3 Å². The summed E-state index contributed by atoms with van der Waals surface area (Å²) in [6.45, 7) is 1.57. The zero-order valence-electron chi connectivity index (χ0n) is 8.54. The fourth-order valence-electron chi connectivity index (χ4n) is 1.13. The maximum absolute atomic E-state index is 12.3. The maximum Gasteiger partial charge on any atom is 0.384 e. The van der Waals surface area contributed by atoms with Crippen molar-refractivity contribution in [2.45, 2.75) is 12.3 Å². The van der Waals surface area contributed by atoms with Gasteiger partial charge in [0.15, 0.2) is 0 Å². The predicted molar refractivity (Wildman–Crippen MR) is 54.4 cm³/mol. The van der Waals surface area contributed by atoms with Crippen LogP contribution in [-0.4, -0.2) is 26.1 Å². The topological polar surface area (TPSA) is 55.1 Å². The molecule has 0 aliphatic heterocycles. The van der Waals surface area contributed by atoms with Crippen LogP contribution in [0.3, 0.4) is 0 Å². The van der Waals surface area contributed by atoms with Crippen LogP contribution in [0.2, 0.25) is 0 Å². The largest absolute Gasteiger partial charge is 0.507 e. The average molecular weight is 251 g/mol. The van der Waals surface area contributed by atoms with E-state index in [1.165, 1.54) is 10.9 Å². The molecule has 1 N–H and O–H groups in total. The highest BCUT2D eigenvalue weighted by molar-refractivity contribution is 6.34. The summed E-state index contributed by atoms with van der Waals surface area (Å²) in [5.41, 5.74) is 0.624. The Morgan fingerprint density at radius 2 is 2.25 bits per heavy atom. The van der Waals surface area contributed by atoms with Gasteiger partial charge in [0.25, 0.3) is 0 Å². The van der Waals surface area contributed by atoms with E-state index in [1.54, 1.807) is 14.0 Å². The molecule has 0 bridgehead atoms. The number of rotatable bonds is 3. The molecule has 0 fully saturated rings. The lowest BCUT2D eigenvalue weighted by Crippen LogP contribution is -2.19. The molecule has 1 heterocycles. The number of aryl methyl sites for hydroxylation is 2. The zero-order chi connectivity index (χ0) is 12.5. The Morgan fingerprint density at radius 1 is 1.69 bits per heavy atom. The van der Waals surface area contributed by atoms with Crippen molar-refractivity contribution in [1.29, 1.82) is 0 Å². The number of halogens is 3. The van der Waals surface area contributed by atoms with Gasteiger partial charge in [-0.2, -0.15) is 13.9 Å². The van der Waals surface area contributed by atoms with Gasteiger partial charge in [-0.15, -0.1) is 0 Å². The molecule has 0 aromatic carbocycles. The molecule has 0 unspecified atom stereocenters. The molecule has 16 heavy (non-hydrogen) atoms. The monoisotopic (exact) mass is 250 g/mol. The third-order valence-electron chi connectivity index (χ3n) is 1.84. The maximum atomic E-state index is 12.3. The molecule has 0 saturated heterocycles. The van der Waals surface area contributed by atoms with E-state index in [4.69, 9.17) is 0 Å². The third-order valence-corrected chi connectivity index (χ3v) is 2.02. The molecule has 4 nitrogen and oxygen atoms in total. The summed E-state index contributed by atoms with van der Waals surface area (Å²) in [5.74, 6) is -2.26. The van der Waals surface area contributed by atoms with Crippen LogP contribution in [0.25, 0.3) is 5.76 Å². The van der Waals surface area contributed by atoms with E-state index in [2.05, 4.69) is 16.7 Å². The van der Waals surface area contributed by atoms with E-state index in [9.17, 15) is 18.7 Å². The van der Waals surface area contributed by atoms with E-state index in [1.807, 2.05) is 0 Å². The molecule has 0 aliphatic carbocycles. The van der Waals surface area contributed by atoms with E-state index >= 15 is 0 Å². The summed E-state index contributed by atoms with van der Waals surface area (Å²) in [6, 6.07) is 0. The summed E-state index contributed by atoms with van der Waals surface area (Å²) >= 11 is 4.50. The van der Waals surface area contributed by atoms with Crippen molar-refractivity contribution < 1.29 is 18.7 Å². The van der Waals surface area contributed by atoms with Crippen LogP contribution in [-0.2, 0) is 11.8 Å². The summed E-state index contributed by atoms with van der Waals surface area (Å²) < 4.78 is 26.1. The minimum absolute atomic E-state index is 0.205. The normalized spacial score (nSPS) is 12.9. The summed E-state index contributed by atoms with van der Waals surface area (Å²) in [6.07, 6.45) is 1.79. The lowest BCUT2D eigenvalue weighted by molar-refractivity contribution is -0.128. The molecule has 7 heteroatoms. The minimum Gasteiger partial charge on any atom is -0.507 e. The Hall–Kier alpha value is -1.43. The highest BCUT2D eigenvalue weighted by Gasteiger charge is 2.34. The molecular weight excluding hydrogens is 242 g/mol. The highest BCUT2D eigenvalue weighted by atomic mass is 35.5. The number of nitrogens with zero attached hydrogens (tertiary/aromatic N) is 2. The summed E-state index contributed by atoms with van der Waals surface area (Å²) in [5, 5.41) is 9.32. The SMILES string of the molecule is Cc1nn(C)cc1/C(O)=C/C(=O)C(F)(F)Cl. The molecule has 0 aliphatic rings. The van der Waals surface area contributed by atoms with E-state index in [0.717, 1.165) is 0 Å². The molecule has 0 amide bonds. The van der Waals surface area contributed by atoms with Crippen LogP contribution in [0, 0.1) is 6.92 Å². The van der Waals surface area contributed by atoms with Gasteiger partial charge in [-0.1, -0.05) is 0 Å². The number of aliphatic hydroxyl groups is 1. The van der Waals surface area contributed by atoms with Crippen LogP contribution in [0.15, 0.2) is 12.3 Å². The molecule has 0 atom stereocenters. The standard InChI is InChI=1S/C9H9ClF2N2O2/c1-5-6(4-14(2)13-5)7(15)3-8(16)9(10,11)12/h3-4,15H,1-2H3/b7-3-. The van der Waals surface area contributed by atoms with Gasteiger partial charge in [0.2, 0.25) is 5.78 Å². The molecule has 88 valence electrons. The van der Waals surface area contributed by atoms with Gasteiger partial charge in [-0.25, -0.2) is 0 Å². The molecule has 0 saturated carbocycles. The van der Waals surface area contributed by atoms with E-state index in [0.29, 0.717) is 11.8 Å². The first kappa shape index (κ1) is 12.6. The third kappa shape index (κ3) is 2.79. The number of allylic oxidation sites excluding steroid dienone is 1. The van der Waals surface area contributed by atoms with Crippen molar-refractivity contribution in [2.75, 3.05) is 0 Å². The highest BCUT2D eigenvalue weighted by Crippen LogP contribution is 2.23. The van der Waals surface area contributed by atoms with Crippen molar-refractivity contribution in [3.05, 3.63) is 23.5 Å². The number of aromatic nitrogens is 2.